The van der Waals surface area contributed by atoms with Crippen LogP contribution in [0.3, 0.4) is 0 Å². The summed E-state index contributed by atoms with van der Waals surface area (Å²) in [5.41, 5.74) is 0.227. The van der Waals surface area contributed by atoms with Gasteiger partial charge >= 0.3 is 12.1 Å². The average Bonchev–Trinajstić information content (AvgIpc) is 2.88. The SMILES string of the molecule is CCOC(=O)c1sc(N2C[C@@H]3[C@H](C2)[C@H]3NC(=O)OC(C)(C)C)nc1C. The molecule has 1 N–H and O–H groups in total. The van der Waals surface area contributed by atoms with E-state index in [1.54, 1.807) is 6.92 Å². The van der Waals surface area contributed by atoms with Gasteiger partial charge in [0.15, 0.2) is 5.13 Å². The lowest BCUT2D eigenvalue weighted by Crippen LogP contribution is -2.38. The lowest BCUT2D eigenvalue weighted by atomic mass is 10.2. The summed E-state index contributed by atoms with van der Waals surface area (Å²) in [5, 5.41) is 3.81. The zero-order valence-corrected chi connectivity index (χ0v) is 16.1. The molecule has 1 amide bonds. The number of alkyl carbamates (subject to hydrolysis) is 1. The highest BCUT2D eigenvalue weighted by Crippen LogP contribution is 2.47. The van der Waals surface area contributed by atoms with Gasteiger partial charge in [0, 0.05) is 31.0 Å². The van der Waals surface area contributed by atoms with Crippen LogP contribution >= 0.6 is 11.3 Å². The van der Waals surface area contributed by atoms with Gasteiger partial charge < -0.3 is 19.7 Å². The number of anilines is 1. The van der Waals surface area contributed by atoms with Crippen molar-refractivity contribution >= 4 is 28.5 Å². The van der Waals surface area contributed by atoms with E-state index < -0.39 is 5.60 Å². The maximum absolute atomic E-state index is 11.9. The minimum absolute atomic E-state index is 0.177. The summed E-state index contributed by atoms with van der Waals surface area (Å²) >= 11 is 1.38. The van der Waals surface area contributed by atoms with Gasteiger partial charge in [-0.05, 0) is 34.6 Å². The van der Waals surface area contributed by atoms with Crippen molar-refractivity contribution in [1.29, 1.82) is 0 Å². The summed E-state index contributed by atoms with van der Waals surface area (Å²) in [6, 6.07) is 0.177. The number of esters is 1. The number of hydrogen-bond acceptors (Lipinski definition) is 7. The molecule has 1 saturated carbocycles. The number of aromatic nitrogens is 1. The molecule has 25 heavy (non-hydrogen) atoms. The van der Waals surface area contributed by atoms with E-state index in [1.807, 2.05) is 27.7 Å². The minimum Gasteiger partial charge on any atom is -0.462 e. The molecule has 1 aromatic rings. The second-order valence-corrected chi connectivity index (χ2v) is 8.51. The zero-order valence-electron chi connectivity index (χ0n) is 15.3. The number of rotatable bonds is 4. The monoisotopic (exact) mass is 367 g/mol. The topological polar surface area (TPSA) is 80.8 Å². The van der Waals surface area contributed by atoms with Crippen LogP contribution < -0.4 is 10.2 Å². The third kappa shape index (κ3) is 3.89. The first-order valence-corrected chi connectivity index (χ1v) is 9.40. The fraction of sp³-hybridized carbons (Fsp3) is 0.706. The summed E-state index contributed by atoms with van der Waals surface area (Å²) in [5.74, 6) is 0.531. The highest BCUT2D eigenvalue weighted by molar-refractivity contribution is 7.17. The van der Waals surface area contributed by atoms with Crippen LogP contribution in [0.2, 0.25) is 0 Å². The fourth-order valence-electron chi connectivity index (χ4n) is 3.24. The number of nitrogens with one attached hydrogen (secondary N) is 1. The number of carbonyl (C=O) groups is 2. The third-order valence-electron chi connectivity index (χ3n) is 4.39. The maximum atomic E-state index is 11.9. The van der Waals surface area contributed by atoms with Gasteiger partial charge in [-0.25, -0.2) is 14.6 Å². The van der Waals surface area contributed by atoms with Crippen molar-refractivity contribution in [2.24, 2.45) is 11.8 Å². The first kappa shape index (κ1) is 18.0. The van der Waals surface area contributed by atoms with E-state index in [1.165, 1.54) is 11.3 Å². The third-order valence-corrected chi connectivity index (χ3v) is 5.59. The van der Waals surface area contributed by atoms with Crippen LogP contribution in [0.1, 0.15) is 43.1 Å². The van der Waals surface area contributed by atoms with E-state index in [-0.39, 0.29) is 18.1 Å². The van der Waals surface area contributed by atoms with Crippen LogP contribution in [0.15, 0.2) is 0 Å². The van der Waals surface area contributed by atoms with Crippen molar-refractivity contribution in [3.63, 3.8) is 0 Å². The standard InChI is InChI=1S/C17H25N3O4S/c1-6-23-14(21)13-9(2)18-15(25-13)20-7-10-11(8-20)12(10)19-16(22)24-17(3,4)5/h10-12H,6-8H2,1-5H3,(H,19,22)/t10-,11+,12+. The summed E-state index contributed by atoms with van der Waals surface area (Å²) < 4.78 is 10.4. The molecule has 0 unspecified atom stereocenters. The lowest BCUT2D eigenvalue weighted by Gasteiger charge is -2.22. The number of thiazole rings is 1. The summed E-state index contributed by atoms with van der Waals surface area (Å²) in [4.78, 5) is 31.1. The predicted octanol–water partition coefficient (Wildman–Crippen LogP) is 2.59. The summed E-state index contributed by atoms with van der Waals surface area (Å²) in [7, 11) is 0. The molecule has 1 aromatic heterocycles. The Labute approximate surface area is 151 Å². The van der Waals surface area contributed by atoms with Gasteiger partial charge in [-0.2, -0.15) is 0 Å². The molecule has 0 aromatic carbocycles. The second kappa shape index (κ2) is 6.48. The maximum Gasteiger partial charge on any atom is 0.407 e. The molecular weight excluding hydrogens is 342 g/mol. The number of piperidine rings is 1. The molecular formula is C17H25N3O4S. The Morgan fingerprint density at radius 2 is 1.96 bits per heavy atom. The van der Waals surface area contributed by atoms with Gasteiger partial charge in [0.05, 0.1) is 12.3 Å². The number of carbonyl (C=O) groups excluding carboxylic acids is 2. The van der Waals surface area contributed by atoms with Crippen molar-refractivity contribution in [1.82, 2.24) is 10.3 Å². The van der Waals surface area contributed by atoms with Gasteiger partial charge in [-0.1, -0.05) is 11.3 Å². The van der Waals surface area contributed by atoms with E-state index in [4.69, 9.17) is 9.47 Å². The van der Waals surface area contributed by atoms with Gasteiger partial charge in [-0.3, -0.25) is 0 Å². The predicted molar refractivity (Wildman–Crippen MR) is 95.2 cm³/mol. The first-order valence-electron chi connectivity index (χ1n) is 8.58. The molecule has 7 nitrogen and oxygen atoms in total. The number of fused-ring (bicyclic) bond motifs is 1. The normalized spacial score (nSPS) is 24.7. The quantitative estimate of drug-likeness (QED) is 0.824. The van der Waals surface area contributed by atoms with Crippen molar-refractivity contribution in [3.05, 3.63) is 10.6 Å². The van der Waals surface area contributed by atoms with E-state index >= 15 is 0 Å². The molecule has 2 heterocycles. The molecule has 1 aliphatic carbocycles. The number of hydrogen-bond donors (Lipinski definition) is 1. The molecule has 0 radical (unpaired) electrons. The molecule has 3 rings (SSSR count). The average molecular weight is 367 g/mol. The number of amides is 1. The summed E-state index contributed by atoms with van der Waals surface area (Å²) in [6.45, 7) is 11.2. The van der Waals surface area contributed by atoms with E-state index in [9.17, 15) is 9.59 Å². The molecule has 2 fully saturated rings. The Morgan fingerprint density at radius 3 is 2.52 bits per heavy atom. The highest BCUT2D eigenvalue weighted by Gasteiger charge is 2.57. The van der Waals surface area contributed by atoms with Gasteiger partial charge in [0.1, 0.15) is 10.5 Å². The number of nitrogens with zero attached hydrogens (tertiary/aromatic N) is 2. The van der Waals surface area contributed by atoms with Gasteiger partial charge in [0.2, 0.25) is 0 Å². The van der Waals surface area contributed by atoms with Crippen LogP contribution in [-0.4, -0.2) is 48.4 Å². The lowest BCUT2D eigenvalue weighted by molar-refractivity contribution is 0.0512. The van der Waals surface area contributed by atoms with Gasteiger partial charge in [-0.15, -0.1) is 0 Å². The fourth-order valence-corrected chi connectivity index (χ4v) is 4.22. The molecule has 0 spiro atoms. The molecule has 0 bridgehead atoms. The second-order valence-electron chi connectivity index (χ2n) is 7.54. The zero-order chi connectivity index (χ0) is 18.4. The van der Waals surface area contributed by atoms with Crippen LogP contribution in [0.25, 0.3) is 0 Å². The molecule has 3 atom stereocenters. The summed E-state index contributed by atoms with van der Waals surface area (Å²) in [6.07, 6.45) is -0.354. The van der Waals surface area contributed by atoms with E-state index in [0.29, 0.717) is 29.0 Å². The Kier molecular flexibility index (Phi) is 4.66. The van der Waals surface area contributed by atoms with Gasteiger partial charge in [0.25, 0.3) is 0 Å². The van der Waals surface area contributed by atoms with Crippen molar-refractivity contribution in [2.45, 2.75) is 46.3 Å². The van der Waals surface area contributed by atoms with Crippen LogP contribution in [0.4, 0.5) is 9.93 Å². The largest absolute Gasteiger partial charge is 0.462 e. The first-order chi connectivity index (χ1) is 11.7. The molecule has 138 valence electrons. The Morgan fingerprint density at radius 1 is 1.32 bits per heavy atom. The molecule has 8 heteroatoms. The molecule has 1 saturated heterocycles. The van der Waals surface area contributed by atoms with Crippen LogP contribution in [-0.2, 0) is 9.47 Å². The molecule has 1 aliphatic heterocycles. The number of ether oxygens (including phenoxy) is 2. The van der Waals surface area contributed by atoms with Crippen molar-refractivity contribution < 1.29 is 19.1 Å². The molecule has 2 aliphatic rings. The Hall–Kier alpha value is -1.83. The van der Waals surface area contributed by atoms with E-state index in [2.05, 4.69) is 15.2 Å². The van der Waals surface area contributed by atoms with Crippen LogP contribution in [0, 0.1) is 18.8 Å². The number of aryl methyl sites for hydroxylation is 1. The van der Waals surface area contributed by atoms with Crippen molar-refractivity contribution in [3.8, 4) is 0 Å². The van der Waals surface area contributed by atoms with Crippen molar-refractivity contribution in [2.75, 3.05) is 24.6 Å². The Balaban J connectivity index is 1.54. The Bertz CT molecular complexity index is 670. The van der Waals surface area contributed by atoms with E-state index in [0.717, 1.165) is 18.2 Å². The smallest absolute Gasteiger partial charge is 0.407 e. The van der Waals surface area contributed by atoms with Crippen LogP contribution in [0.5, 0.6) is 0 Å². The minimum atomic E-state index is -0.484. The highest BCUT2D eigenvalue weighted by atomic mass is 32.1.